The van der Waals surface area contributed by atoms with Crippen LogP contribution in [0.15, 0.2) is 82.7 Å². The van der Waals surface area contributed by atoms with Gasteiger partial charge < -0.3 is 14.8 Å². The van der Waals surface area contributed by atoms with Crippen LogP contribution in [0.4, 0.5) is 10.1 Å². The van der Waals surface area contributed by atoms with Crippen molar-refractivity contribution in [2.24, 2.45) is 4.99 Å². The molecule has 5 nitrogen and oxygen atoms in total. The lowest BCUT2D eigenvalue weighted by Crippen LogP contribution is -2.19. The average molecular weight is 434 g/mol. The molecule has 0 radical (unpaired) electrons. The number of aliphatic imine (C=N–C) groups is 1. The summed E-state index contributed by atoms with van der Waals surface area (Å²) in [6.07, 6.45) is 1.80. The number of halogens is 1. The molecule has 1 N–H and O–H groups in total. The summed E-state index contributed by atoms with van der Waals surface area (Å²) >= 11 is 1.28. The fourth-order valence-electron chi connectivity index (χ4n) is 2.86. The smallest absolute Gasteiger partial charge is 0.264 e. The molecular formula is C24H19FN2O3S. The molecule has 1 amide bonds. The van der Waals surface area contributed by atoms with Crippen LogP contribution in [0.2, 0.25) is 0 Å². The number of ether oxygens (including phenoxy) is 2. The fourth-order valence-corrected chi connectivity index (χ4v) is 3.70. The summed E-state index contributed by atoms with van der Waals surface area (Å²) in [6, 6.07) is 20.9. The van der Waals surface area contributed by atoms with E-state index in [1.54, 1.807) is 19.3 Å². The van der Waals surface area contributed by atoms with E-state index in [9.17, 15) is 9.18 Å². The summed E-state index contributed by atoms with van der Waals surface area (Å²) in [5.41, 5.74) is 2.35. The molecule has 31 heavy (non-hydrogen) atoms. The molecule has 1 fully saturated rings. The van der Waals surface area contributed by atoms with Crippen molar-refractivity contribution in [3.63, 3.8) is 0 Å². The first-order valence-electron chi connectivity index (χ1n) is 9.50. The SMILES string of the molecule is COc1ccc(N=C2NC(=O)/C(=C\c3ccc(OCc4cccc(F)c4)cc3)S2)cc1. The Bertz CT molecular complexity index is 1140. The average Bonchev–Trinajstić information content (AvgIpc) is 3.12. The van der Waals surface area contributed by atoms with Gasteiger partial charge in [-0.1, -0.05) is 24.3 Å². The van der Waals surface area contributed by atoms with Crippen molar-refractivity contribution in [2.45, 2.75) is 6.61 Å². The summed E-state index contributed by atoms with van der Waals surface area (Å²) in [5, 5.41) is 3.30. The Labute approximate surface area is 183 Å². The van der Waals surface area contributed by atoms with Gasteiger partial charge in [-0.05, 0) is 77.5 Å². The van der Waals surface area contributed by atoms with E-state index in [1.807, 2.05) is 54.6 Å². The van der Waals surface area contributed by atoms with E-state index in [4.69, 9.17) is 9.47 Å². The highest BCUT2D eigenvalue weighted by atomic mass is 32.2. The van der Waals surface area contributed by atoms with Gasteiger partial charge in [0.15, 0.2) is 5.17 Å². The normalized spacial score (nSPS) is 15.9. The standard InChI is InChI=1S/C24H19FN2O3S/c1-29-20-11-7-19(8-12-20)26-24-27-23(28)22(31-24)14-16-5-9-21(10-6-16)30-15-17-3-2-4-18(25)13-17/h2-14H,15H2,1H3,(H,26,27,28)/b22-14+. The Morgan fingerprint density at radius 3 is 2.48 bits per heavy atom. The highest BCUT2D eigenvalue weighted by Gasteiger charge is 2.23. The fraction of sp³-hybridized carbons (Fsp3) is 0.0833. The van der Waals surface area contributed by atoms with Crippen molar-refractivity contribution in [1.29, 1.82) is 0 Å². The maximum absolute atomic E-state index is 13.2. The monoisotopic (exact) mass is 434 g/mol. The Balaban J connectivity index is 1.39. The van der Waals surface area contributed by atoms with Gasteiger partial charge in [0.2, 0.25) is 0 Å². The number of nitrogens with zero attached hydrogens (tertiary/aromatic N) is 1. The van der Waals surface area contributed by atoms with E-state index in [-0.39, 0.29) is 18.3 Å². The highest BCUT2D eigenvalue weighted by molar-refractivity contribution is 8.18. The van der Waals surface area contributed by atoms with Crippen LogP contribution in [0, 0.1) is 5.82 Å². The molecule has 0 saturated carbocycles. The summed E-state index contributed by atoms with van der Waals surface area (Å²) in [4.78, 5) is 17.3. The molecule has 156 valence electrons. The molecule has 1 saturated heterocycles. The van der Waals surface area contributed by atoms with Crippen LogP contribution in [0.3, 0.4) is 0 Å². The van der Waals surface area contributed by atoms with Gasteiger partial charge in [-0.3, -0.25) is 4.79 Å². The van der Waals surface area contributed by atoms with E-state index in [1.165, 1.54) is 23.9 Å². The molecule has 0 aromatic heterocycles. The third-order valence-corrected chi connectivity index (χ3v) is 5.34. The first-order valence-corrected chi connectivity index (χ1v) is 10.3. The molecule has 0 atom stereocenters. The predicted molar refractivity (Wildman–Crippen MR) is 121 cm³/mol. The van der Waals surface area contributed by atoms with Gasteiger partial charge >= 0.3 is 0 Å². The lowest BCUT2D eigenvalue weighted by Gasteiger charge is -2.06. The second-order valence-corrected chi connectivity index (χ2v) is 7.70. The van der Waals surface area contributed by atoms with E-state index in [0.717, 1.165) is 22.6 Å². The molecule has 7 heteroatoms. The van der Waals surface area contributed by atoms with Crippen LogP contribution < -0.4 is 14.8 Å². The van der Waals surface area contributed by atoms with Gasteiger partial charge in [0, 0.05) is 0 Å². The molecule has 1 aliphatic heterocycles. The lowest BCUT2D eigenvalue weighted by molar-refractivity contribution is -0.115. The molecule has 0 unspecified atom stereocenters. The number of benzene rings is 3. The van der Waals surface area contributed by atoms with Crippen LogP contribution in [0.1, 0.15) is 11.1 Å². The van der Waals surface area contributed by atoms with Gasteiger partial charge in [0.05, 0.1) is 17.7 Å². The van der Waals surface area contributed by atoms with Crippen LogP contribution in [0.5, 0.6) is 11.5 Å². The van der Waals surface area contributed by atoms with Crippen molar-refractivity contribution in [2.75, 3.05) is 7.11 Å². The second-order valence-electron chi connectivity index (χ2n) is 6.67. The van der Waals surface area contributed by atoms with Crippen molar-refractivity contribution >= 4 is 34.6 Å². The lowest BCUT2D eigenvalue weighted by atomic mass is 10.2. The molecule has 3 aromatic rings. The minimum absolute atomic E-state index is 0.191. The van der Waals surface area contributed by atoms with Crippen molar-refractivity contribution in [3.05, 3.63) is 94.6 Å². The van der Waals surface area contributed by atoms with Gasteiger partial charge in [-0.25, -0.2) is 9.38 Å². The van der Waals surface area contributed by atoms with E-state index >= 15 is 0 Å². The number of thioether (sulfide) groups is 1. The largest absolute Gasteiger partial charge is 0.497 e. The van der Waals surface area contributed by atoms with Crippen molar-refractivity contribution < 1.29 is 18.7 Å². The maximum Gasteiger partial charge on any atom is 0.264 e. The number of nitrogens with one attached hydrogen (secondary N) is 1. The van der Waals surface area contributed by atoms with Crippen LogP contribution >= 0.6 is 11.8 Å². The first kappa shape index (κ1) is 20.7. The number of carbonyl (C=O) groups excluding carboxylic acids is 1. The maximum atomic E-state index is 13.2. The Morgan fingerprint density at radius 2 is 1.77 bits per heavy atom. The third-order valence-electron chi connectivity index (χ3n) is 4.43. The number of methoxy groups -OCH3 is 1. The van der Waals surface area contributed by atoms with E-state index in [0.29, 0.717) is 15.8 Å². The van der Waals surface area contributed by atoms with Crippen LogP contribution in [-0.2, 0) is 11.4 Å². The Morgan fingerprint density at radius 1 is 1.03 bits per heavy atom. The summed E-state index contributed by atoms with van der Waals surface area (Å²) in [6.45, 7) is 0.279. The summed E-state index contributed by atoms with van der Waals surface area (Å²) < 4.78 is 24.1. The highest BCUT2D eigenvalue weighted by Crippen LogP contribution is 2.29. The van der Waals surface area contributed by atoms with Crippen LogP contribution in [-0.4, -0.2) is 18.2 Å². The number of amides is 1. The molecule has 3 aromatic carbocycles. The van der Waals surface area contributed by atoms with Gasteiger partial charge in [-0.15, -0.1) is 0 Å². The van der Waals surface area contributed by atoms with Crippen molar-refractivity contribution in [1.82, 2.24) is 5.32 Å². The Hall–Kier alpha value is -3.58. The zero-order valence-electron chi connectivity index (χ0n) is 16.7. The number of rotatable bonds is 6. The van der Waals surface area contributed by atoms with Gasteiger partial charge in [0.25, 0.3) is 5.91 Å². The zero-order chi connectivity index (χ0) is 21.6. The van der Waals surface area contributed by atoms with E-state index in [2.05, 4.69) is 10.3 Å². The minimum atomic E-state index is -0.287. The van der Waals surface area contributed by atoms with Gasteiger partial charge in [-0.2, -0.15) is 0 Å². The molecule has 0 bridgehead atoms. The number of carbonyl (C=O) groups is 1. The molecule has 1 aliphatic rings. The molecule has 0 aliphatic carbocycles. The van der Waals surface area contributed by atoms with Gasteiger partial charge in [0.1, 0.15) is 23.9 Å². The van der Waals surface area contributed by atoms with Crippen molar-refractivity contribution in [3.8, 4) is 11.5 Å². The number of hydrogen-bond donors (Lipinski definition) is 1. The summed E-state index contributed by atoms with van der Waals surface area (Å²) in [7, 11) is 1.61. The number of amidine groups is 1. The zero-order valence-corrected chi connectivity index (χ0v) is 17.5. The van der Waals surface area contributed by atoms with Crippen LogP contribution in [0.25, 0.3) is 6.08 Å². The Kier molecular flexibility index (Phi) is 6.33. The summed E-state index contributed by atoms with van der Waals surface area (Å²) in [5.74, 6) is 0.932. The minimum Gasteiger partial charge on any atom is -0.497 e. The topological polar surface area (TPSA) is 59.9 Å². The predicted octanol–water partition coefficient (Wildman–Crippen LogP) is 5.30. The molecular weight excluding hydrogens is 415 g/mol. The third kappa shape index (κ3) is 5.52. The number of hydrogen-bond acceptors (Lipinski definition) is 5. The molecule has 0 spiro atoms. The molecule has 4 rings (SSSR count). The first-order chi connectivity index (χ1) is 15.1. The second kappa shape index (κ2) is 9.49. The van der Waals surface area contributed by atoms with E-state index < -0.39 is 0 Å². The quantitative estimate of drug-likeness (QED) is 0.535. The molecule has 1 heterocycles.